The fraction of sp³-hybridized carbons (Fsp3) is 0.133. The molecule has 2 aromatic carbocycles. The molecule has 0 heterocycles. The smallest absolute Gasteiger partial charge is 0.248 e. The van der Waals surface area contributed by atoms with E-state index in [0.29, 0.717) is 22.0 Å². The van der Waals surface area contributed by atoms with Crippen molar-refractivity contribution < 1.29 is 4.79 Å². The average Bonchev–Trinajstić information content (AvgIpc) is 2.41. The second-order valence-electron chi connectivity index (χ2n) is 4.59. The average molecular weight is 290 g/mol. The molecule has 0 aromatic heterocycles. The quantitative estimate of drug-likeness (QED) is 0.756. The second kappa shape index (κ2) is 5.84. The lowest BCUT2D eigenvalue weighted by Crippen LogP contribution is -2.13. The molecule has 20 heavy (non-hydrogen) atoms. The molecule has 1 unspecified atom stereocenters. The van der Waals surface area contributed by atoms with Crippen molar-refractivity contribution in [3.63, 3.8) is 0 Å². The molecule has 0 aliphatic carbocycles. The fourth-order valence-corrected chi connectivity index (χ4v) is 2.13. The summed E-state index contributed by atoms with van der Waals surface area (Å²) in [5, 5.41) is 3.93. The summed E-state index contributed by atoms with van der Waals surface area (Å²) >= 11 is 5.98. The van der Waals surface area contributed by atoms with Crippen LogP contribution in [0.1, 0.15) is 28.9 Å². The Morgan fingerprint density at radius 1 is 1.25 bits per heavy atom. The Kier molecular flexibility index (Phi) is 4.15. The molecule has 1 amide bonds. The summed E-state index contributed by atoms with van der Waals surface area (Å²) in [5.74, 6) is -0.483. The first-order chi connectivity index (χ1) is 9.47. The van der Waals surface area contributed by atoms with Crippen LogP contribution in [0.2, 0.25) is 5.02 Å². The number of nitrogens with two attached hydrogens (primary N) is 2. The number of halogens is 1. The van der Waals surface area contributed by atoms with Crippen molar-refractivity contribution in [3.8, 4) is 0 Å². The Hall–Kier alpha value is -2.20. The fourth-order valence-electron chi connectivity index (χ4n) is 1.93. The Labute approximate surface area is 122 Å². The van der Waals surface area contributed by atoms with Crippen LogP contribution < -0.4 is 16.8 Å². The molecule has 2 aromatic rings. The van der Waals surface area contributed by atoms with Gasteiger partial charge in [-0.25, -0.2) is 0 Å². The van der Waals surface area contributed by atoms with Gasteiger partial charge in [0.15, 0.2) is 0 Å². The molecule has 0 saturated heterocycles. The largest absolute Gasteiger partial charge is 0.397 e. The Morgan fingerprint density at radius 2 is 2.00 bits per heavy atom. The highest BCUT2D eigenvalue weighted by Crippen LogP contribution is 2.26. The zero-order chi connectivity index (χ0) is 14.7. The molecule has 5 N–H and O–H groups in total. The number of hydrogen-bond acceptors (Lipinski definition) is 3. The van der Waals surface area contributed by atoms with Gasteiger partial charge in [-0.1, -0.05) is 23.7 Å². The van der Waals surface area contributed by atoms with Crippen LogP contribution in [0.15, 0.2) is 42.5 Å². The lowest BCUT2D eigenvalue weighted by atomic mass is 10.1. The lowest BCUT2D eigenvalue weighted by Gasteiger charge is -2.18. The van der Waals surface area contributed by atoms with Gasteiger partial charge in [0, 0.05) is 16.6 Å². The van der Waals surface area contributed by atoms with Crippen LogP contribution in [-0.2, 0) is 0 Å². The Morgan fingerprint density at radius 3 is 2.65 bits per heavy atom. The molecule has 4 nitrogen and oxygen atoms in total. The van der Waals surface area contributed by atoms with Gasteiger partial charge in [-0.15, -0.1) is 0 Å². The monoisotopic (exact) mass is 289 g/mol. The summed E-state index contributed by atoms with van der Waals surface area (Å²) < 4.78 is 0. The number of anilines is 2. The van der Waals surface area contributed by atoms with E-state index < -0.39 is 5.91 Å². The first kappa shape index (κ1) is 14.2. The molecule has 0 aliphatic heterocycles. The maximum absolute atomic E-state index is 11.2. The summed E-state index contributed by atoms with van der Waals surface area (Å²) in [4.78, 5) is 11.2. The van der Waals surface area contributed by atoms with Crippen LogP contribution >= 0.6 is 11.6 Å². The van der Waals surface area contributed by atoms with Gasteiger partial charge >= 0.3 is 0 Å². The highest BCUT2D eigenvalue weighted by atomic mass is 35.5. The lowest BCUT2D eigenvalue weighted by molar-refractivity contribution is 0.100. The van der Waals surface area contributed by atoms with Crippen molar-refractivity contribution in [1.82, 2.24) is 0 Å². The summed E-state index contributed by atoms with van der Waals surface area (Å²) in [6.07, 6.45) is 0. The number of carbonyl (C=O) groups excluding carboxylic acids is 1. The van der Waals surface area contributed by atoms with E-state index in [-0.39, 0.29) is 6.04 Å². The maximum Gasteiger partial charge on any atom is 0.248 e. The van der Waals surface area contributed by atoms with Crippen molar-refractivity contribution in [2.45, 2.75) is 13.0 Å². The molecule has 104 valence electrons. The van der Waals surface area contributed by atoms with Crippen molar-refractivity contribution in [2.75, 3.05) is 11.1 Å². The number of amides is 1. The van der Waals surface area contributed by atoms with Gasteiger partial charge in [0.05, 0.1) is 11.4 Å². The van der Waals surface area contributed by atoms with E-state index in [4.69, 9.17) is 23.1 Å². The van der Waals surface area contributed by atoms with Crippen molar-refractivity contribution in [3.05, 3.63) is 58.6 Å². The molecule has 0 aliphatic rings. The number of primary amides is 1. The molecule has 0 radical (unpaired) electrons. The maximum atomic E-state index is 11.2. The van der Waals surface area contributed by atoms with Crippen molar-refractivity contribution in [1.29, 1.82) is 0 Å². The predicted octanol–water partition coefficient (Wildman–Crippen LogP) is 3.19. The highest BCUT2D eigenvalue weighted by Gasteiger charge is 2.10. The summed E-state index contributed by atoms with van der Waals surface area (Å²) in [6.45, 7) is 1.99. The van der Waals surface area contributed by atoms with Crippen LogP contribution in [0, 0.1) is 0 Å². The highest BCUT2D eigenvalue weighted by molar-refractivity contribution is 6.30. The van der Waals surface area contributed by atoms with E-state index in [2.05, 4.69) is 5.32 Å². The normalized spacial score (nSPS) is 11.9. The molecule has 0 saturated carbocycles. The number of nitrogen functional groups attached to an aromatic ring is 1. The van der Waals surface area contributed by atoms with Gasteiger partial charge in [-0.3, -0.25) is 4.79 Å². The Bertz CT molecular complexity index is 643. The van der Waals surface area contributed by atoms with Crippen LogP contribution in [0.5, 0.6) is 0 Å². The minimum absolute atomic E-state index is 0.000809. The molecule has 0 spiro atoms. The Balaban J connectivity index is 2.25. The number of benzene rings is 2. The molecule has 0 bridgehead atoms. The minimum atomic E-state index is -0.483. The molecule has 5 heteroatoms. The number of nitrogens with one attached hydrogen (secondary N) is 1. The van der Waals surface area contributed by atoms with E-state index in [0.717, 1.165) is 5.56 Å². The van der Waals surface area contributed by atoms with Crippen LogP contribution in [-0.4, -0.2) is 5.91 Å². The summed E-state index contributed by atoms with van der Waals surface area (Å²) in [5.41, 5.74) is 13.9. The molecular formula is C15H16ClN3O. The summed E-state index contributed by atoms with van der Waals surface area (Å²) in [6, 6.07) is 12.5. The van der Waals surface area contributed by atoms with E-state index in [1.165, 1.54) is 0 Å². The number of hydrogen-bond donors (Lipinski definition) is 3. The summed E-state index contributed by atoms with van der Waals surface area (Å²) in [7, 11) is 0. The zero-order valence-corrected chi connectivity index (χ0v) is 11.8. The minimum Gasteiger partial charge on any atom is -0.397 e. The van der Waals surface area contributed by atoms with Crippen LogP contribution in [0.25, 0.3) is 0 Å². The third-order valence-electron chi connectivity index (χ3n) is 3.06. The second-order valence-corrected chi connectivity index (χ2v) is 5.02. The standard InChI is InChI=1S/C15H16ClN3O/c1-9(10-3-2-4-12(16)7-10)19-14-8-11(15(18)20)5-6-13(14)17/h2-9,19H,17H2,1H3,(H2,18,20). The molecular weight excluding hydrogens is 274 g/mol. The van der Waals surface area contributed by atoms with Gasteiger partial charge < -0.3 is 16.8 Å². The van der Waals surface area contributed by atoms with Gasteiger partial charge in [0.25, 0.3) is 0 Å². The van der Waals surface area contributed by atoms with Crippen LogP contribution in [0.3, 0.4) is 0 Å². The molecule has 2 rings (SSSR count). The molecule has 1 atom stereocenters. The van der Waals surface area contributed by atoms with E-state index in [9.17, 15) is 4.79 Å². The third kappa shape index (κ3) is 3.22. The van der Waals surface area contributed by atoms with Gasteiger partial charge in [-0.2, -0.15) is 0 Å². The van der Waals surface area contributed by atoms with Gasteiger partial charge in [0.2, 0.25) is 5.91 Å². The van der Waals surface area contributed by atoms with Crippen LogP contribution in [0.4, 0.5) is 11.4 Å². The van der Waals surface area contributed by atoms with Crippen molar-refractivity contribution >= 4 is 28.9 Å². The first-order valence-electron chi connectivity index (χ1n) is 6.18. The molecule has 0 fully saturated rings. The van der Waals surface area contributed by atoms with E-state index >= 15 is 0 Å². The SMILES string of the molecule is CC(Nc1cc(C(N)=O)ccc1N)c1cccc(Cl)c1. The van der Waals surface area contributed by atoms with Crippen molar-refractivity contribution in [2.24, 2.45) is 5.73 Å². The third-order valence-corrected chi connectivity index (χ3v) is 3.29. The topological polar surface area (TPSA) is 81.1 Å². The zero-order valence-electron chi connectivity index (χ0n) is 11.1. The number of carbonyl (C=O) groups is 1. The van der Waals surface area contributed by atoms with Gasteiger partial charge in [-0.05, 0) is 42.8 Å². The van der Waals surface area contributed by atoms with E-state index in [1.54, 1.807) is 18.2 Å². The predicted molar refractivity (Wildman–Crippen MR) is 82.9 cm³/mol. The van der Waals surface area contributed by atoms with E-state index in [1.807, 2.05) is 31.2 Å². The van der Waals surface area contributed by atoms with Gasteiger partial charge in [0.1, 0.15) is 0 Å². The number of rotatable bonds is 4. The first-order valence-corrected chi connectivity index (χ1v) is 6.56.